The second-order valence-electron chi connectivity index (χ2n) is 6.04. The fourth-order valence-corrected chi connectivity index (χ4v) is 3.20. The predicted octanol–water partition coefficient (Wildman–Crippen LogP) is 3.28. The van der Waals surface area contributed by atoms with E-state index in [4.69, 9.17) is 0 Å². The molecule has 2 unspecified atom stereocenters. The molecule has 0 spiro atoms. The first kappa shape index (κ1) is 12.2. The molecule has 1 N–H and O–H groups in total. The van der Waals surface area contributed by atoms with Crippen LogP contribution in [0.1, 0.15) is 56.2 Å². The van der Waals surface area contributed by atoms with E-state index in [0.717, 1.165) is 12.0 Å². The van der Waals surface area contributed by atoms with Crippen LogP contribution in [-0.2, 0) is 6.42 Å². The van der Waals surface area contributed by atoms with E-state index in [1.165, 1.54) is 56.3 Å². The van der Waals surface area contributed by atoms with Crippen molar-refractivity contribution in [2.24, 2.45) is 5.92 Å². The van der Waals surface area contributed by atoms with Gasteiger partial charge in [-0.2, -0.15) is 0 Å². The van der Waals surface area contributed by atoms with Gasteiger partial charge in [0.15, 0.2) is 0 Å². The fourth-order valence-electron chi connectivity index (χ4n) is 3.20. The SMILES string of the molecule is CC(CCNC1CC1)C1CCCc2cccnc21. The molecule has 1 aromatic rings. The number of hydrogen-bond acceptors (Lipinski definition) is 2. The fraction of sp³-hybridized carbons (Fsp3) is 0.688. The van der Waals surface area contributed by atoms with Crippen LogP contribution in [0, 0.1) is 5.92 Å². The highest BCUT2D eigenvalue weighted by atomic mass is 14.9. The normalized spacial score (nSPS) is 24.6. The molecular weight excluding hydrogens is 220 g/mol. The van der Waals surface area contributed by atoms with Crippen molar-refractivity contribution in [2.75, 3.05) is 6.54 Å². The molecule has 2 aliphatic carbocycles. The number of aryl methyl sites for hydroxylation is 1. The average Bonchev–Trinajstić information content (AvgIpc) is 3.22. The number of nitrogens with one attached hydrogen (secondary N) is 1. The largest absolute Gasteiger partial charge is 0.314 e. The van der Waals surface area contributed by atoms with E-state index < -0.39 is 0 Å². The second-order valence-corrected chi connectivity index (χ2v) is 6.04. The van der Waals surface area contributed by atoms with Crippen molar-refractivity contribution in [1.82, 2.24) is 10.3 Å². The Hall–Kier alpha value is -0.890. The Morgan fingerprint density at radius 2 is 2.28 bits per heavy atom. The summed E-state index contributed by atoms with van der Waals surface area (Å²) in [6, 6.07) is 5.19. The first-order chi connectivity index (χ1) is 8.84. The van der Waals surface area contributed by atoms with E-state index in [9.17, 15) is 0 Å². The van der Waals surface area contributed by atoms with Crippen LogP contribution >= 0.6 is 0 Å². The van der Waals surface area contributed by atoms with Crippen molar-refractivity contribution >= 4 is 0 Å². The summed E-state index contributed by atoms with van der Waals surface area (Å²) in [5, 5.41) is 3.63. The van der Waals surface area contributed by atoms with E-state index in [2.05, 4.69) is 29.4 Å². The first-order valence-electron chi connectivity index (χ1n) is 7.52. The highest BCUT2D eigenvalue weighted by Crippen LogP contribution is 2.36. The van der Waals surface area contributed by atoms with Crippen LogP contribution in [0.5, 0.6) is 0 Å². The molecule has 0 amide bonds. The van der Waals surface area contributed by atoms with Gasteiger partial charge in [-0.3, -0.25) is 4.98 Å². The van der Waals surface area contributed by atoms with Gasteiger partial charge in [0.1, 0.15) is 0 Å². The molecule has 1 heterocycles. The number of pyridine rings is 1. The minimum absolute atomic E-state index is 0.691. The number of aromatic nitrogens is 1. The van der Waals surface area contributed by atoms with Gasteiger partial charge in [-0.1, -0.05) is 13.0 Å². The molecule has 98 valence electrons. The Kier molecular flexibility index (Phi) is 3.64. The summed E-state index contributed by atoms with van der Waals surface area (Å²) in [6.45, 7) is 3.59. The topological polar surface area (TPSA) is 24.9 Å². The van der Waals surface area contributed by atoms with Gasteiger partial charge in [-0.25, -0.2) is 0 Å². The van der Waals surface area contributed by atoms with Crippen molar-refractivity contribution in [3.8, 4) is 0 Å². The third kappa shape index (κ3) is 2.74. The van der Waals surface area contributed by atoms with E-state index in [1.54, 1.807) is 0 Å². The molecular formula is C16H24N2. The Labute approximate surface area is 110 Å². The number of fused-ring (bicyclic) bond motifs is 1. The minimum atomic E-state index is 0.691. The van der Waals surface area contributed by atoms with Crippen LogP contribution in [0.15, 0.2) is 18.3 Å². The van der Waals surface area contributed by atoms with Gasteiger partial charge >= 0.3 is 0 Å². The van der Waals surface area contributed by atoms with Gasteiger partial charge in [-0.05, 0) is 62.6 Å². The van der Waals surface area contributed by atoms with Crippen LogP contribution in [0.4, 0.5) is 0 Å². The van der Waals surface area contributed by atoms with Gasteiger partial charge in [0.2, 0.25) is 0 Å². The first-order valence-corrected chi connectivity index (χ1v) is 7.52. The van der Waals surface area contributed by atoms with Crippen molar-refractivity contribution in [2.45, 2.75) is 57.4 Å². The molecule has 18 heavy (non-hydrogen) atoms. The molecule has 0 aromatic carbocycles. The number of hydrogen-bond donors (Lipinski definition) is 1. The van der Waals surface area contributed by atoms with Crippen LogP contribution in [-0.4, -0.2) is 17.6 Å². The second kappa shape index (κ2) is 5.40. The quantitative estimate of drug-likeness (QED) is 0.860. The Morgan fingerprint density at radius 1 is 1.39 bits per heavy atom. The molecule has 0 radical (unpaired) electrons. The van der Waals surface area contributed by atoms with Crippen molar-refractivity contribution in [3.05, 3.63) is 29.6 Å². The summed E-state index contributed by atoms with van der Waals surface area (Å²) in [7, 11) is 0. The maximum Gasteiger partial charge on any atom is 0.0469 e. The zero-order valence-electron chi connectivity index (χ0n) is 11.4. The van der Waals surface area contributed by atoms with Crippen molar-refractivity contribution < 1.29 is 0 Å². The lowest BCUT2D eigenvalue weighted by Crippen LogP contribution is -2.24. The number of nitrogens with zero attached hydrogens (tertiary/aromatic N) is 1. The molecule has 1 aromatic heterocycles. The van der Waals surface area contributed by atoms with Gasteiger partial charge in [0, 0.05) is 23.9 Å². The monoisotopic (exact) mass is 244 g/mol. The predicted molar refractivity (Wildman–Crippen MR) is 74.7 cm³/mol. The Balaban J connectivity index is 1.60. The zero-order chi connectivity index (χ0) is 12.4. The number of rotatable bonds is 5. The molecule has 1 saturated carbocycles. The van der Waals surface area contributed by atoms with E-state index in [-0.39, 0.29) is 0 Å². The molecule has 0 saturated heterocycles. The maximum atomic E-state index is 4.66. The molecule has 2 atom stereocenters. The summed E-state index contributed by atoms with van der Waals surface area (Å²) < 4.78 is 0. The smallest absolute Gasteiger partial charge is 0.0469 e. The Bertz CT molecular complexity index is 398. The van der Waals surface area contributed by atoms with E-state index in [1.807, 2.05) is 6.20 Å². The van der Waals surface area contributed by atoms with Gasteiger partial charge in [0.05, 0.1) is 0 Å². The van der Waals surface area contributed by atoms with Crippen LogP contribution in [0.2, 0.25) is 0 Å². The molecule has 1 fully saturated rings. The van der Waals surface area contributed by atoms with Crippen LogP contribution in [0.25, 0.3) is 0 Å². The van der Waals surface area contributed by atoms with Gasteiger partial charge in [0.25, 0.3) is 0 Å². The lowest BCUT2D eigenvalue weighted by atomic mass is 9.78. The lowest BCUT2D eigenvalue weighted by molar-refractivity contribution is 0.369. The van der Waals surface area contributed by atoms with Crippen molar-refractivity contribution in [3.63, 3.8) is 0 Å². The summed E-state index contributed by atoms with van der Waals surface area (Å²) in [5.74, 6) is 1.45. The summed E-state index contributed by atoms with van der Waals surface area (Å²) >= 11 is 0. The van der Waals surface area contributed by atoms with E-state index in [0.29, 0.717) is 5.92 Å². The molecule has 2 nitrogen and oxygen atoms in total. The lowest BCUT2D eigenvalue weighted by Gasteiger charge is -2.29. The molecule has 0 bridgehead atoms. The standard InChI is InChI=1S/C16H24N2/c1-12(9-11-17-14-7-8-14)15-6-2-4-13-5-3-10-18-16(13)15/h3,5,10,12,14-15,17H,2,4,6-9,11H2,1H3. The van der Waals surface area contributed by atoms with Crippen molar-refractivity contribution in [1.29, 1.82) is 0 Å². The maximum absolute atomic E-state index is 4.66. The van der Waals surface area contributed by atoms with Gasteiger partial charge < -0.3 is 5.32 Å². The Morgan fingerprint density at radius 3 is 3.11 bits per heavy atom. The third-order valence-electron chi connectivity index (χ3n) is 4.54. The minimum Gasteiger partial charge on any atom is -0.314 e. The van der Waals surface area contributed by atoms with Gasteiger partial charge in [-0.15, -0.1) is 0 Å². The molecule has 2 heteroatoms. The zero-order valence-corrected chi connectivity index (χ0v) is 11.4. The summed E-state index contributed by atoms with van der Waals surface area (Å²) in [6.07, 6.45) is 9.93. The summed E-state index contributed by atoms with van der Waals surface area (Å²) in [5.41, 5.74) is 2.89. The molecule has 3 rings (SSSR count). The highest BCUT2D eigenvalue weighted by Gasteiger charge is 2.26. The molecule has 0 aliphatic heterocycles. The van der Waals surface area contributed by atoms with Crippen LogP contribution < -0.4 is 5.32 Å². The molecule has 2 aliphatic rings. The van der Waals surface area contributed by atoms with E-state index >= 15 is 0 Å². The highest BCUT2D eigenvalue weighted by molar-refractivity contribution is 5.26. The summed E-state index contributed by atoms with van der Waals surface area (Å²) in [4.78, 5) is 4.66. The average molecular weight is 244 g/mol. The third-order valence-corrected chi connectivity index (χ3v) is 4.54. The van der Waals surface area contributed by atoms with Crippen LogP contribution in [0.3, 0.4) is 0 Å².